The summed E-state index contributed by atoms with van der Waals surface area (Å²) < 4.78 is 6.09. The van der Waals surface area contributed by atoms with Crippen molar-refractivity contribution in [3.8, 4) is 11.8 Å². The van der Waals surface area contributed by atoms with Crippen molar-refractivity contribution in [2.45, 2.75) is 6.92 Å². The molecule has 0 unspecified atom stereocenters. The molecule has 0 aromatic carbocycles. The second-order valence-electron chi connectivity index (χ2n) is 1.47. The lowest BCUT2D eigenvalue weighted by Crippen LogP contribution is -1.68. The predicted octanol–water partition coefficient (Wildman–Crippen LogP) is 2.26. The molecular weight excluding hydrogens is 227 g/mol. The molecular formula is C7H5IO. The number of halogens is 1. The quantitative estimate of drug-likeness (QED) is 0.494. The molecule has 0 aliphatic rings. The summed E-state index contributed by atoms with van der Waals surface area (Å²) in [5.41, 5.74) is 0. The van der Waals surface area contributed by atoms with Crippen LogP contribution in [0, 0.1) is 15.4 Å². The van der Waals surface area contributed by atoms with E-state index in [4.69, 9.17) is 4.42 Å². The molecule has 0 aliphatic heterocycles. The van der Waals surface area contributed by atoms with Crippen molar-refractivity contribution in [3.63, 3.8) is 0 Å². The van der Waals surface area contributed by atoms with Crippen LogP contribution in [0.25, 0.3) is 0 Å². The van der Waals surface area contributed by atoms with Crippen LogP contribution < -0.4 is 0 Å². The van der Waals surface area contributed by atoms with Gasteiger partial charge < -0.3 is 4.42 Å². The molecule has 0 amide bonds. The Morgan fingerprint density at radius 1 is 1.67 bits per heavy atom. The van der Waals surface area contributed by atoms with Gasteiger partial charge in [0.25, 0.3) is 0 Å². The van der Waals surface area contributed by atoms with Crippen LogP contribution in [0.1, 0.15) is 12.7 Å². The van der Waals surface area contributed by atoms with Gasteiger partial charge in [0.15, 0.2) is 5.76 Å². The Bertz CT molecular complexity index is 251. The first-order valence-electron chi connectivity index (χ1n) is 2.50. The van der Waals surface area contributed by atoms with Gasteiger partial charge in [0, 0.05) is 0 Å². The molecule has 0 N–H and O–H groups in total. The van der Waals surface area contributed by atoms with E-state index in [0.717, 1.165) is 9.33 Å². The summed E-state index contributed by atoms with van der Waals surface area (Å²) >= 11 is 2.18. The number of rotatable bonds is 0. The zero-order valence-electron chi connectivity index (χ0n) is 4.94. The third kappa shape index (κ3) is 1.49. The minimum absolute atomic E-state index is 0.762. The van der Waals surface area contributed by atoms with E-state index < -0.39 is 0 Å². The average molecular weight is 232 g/mol. The molecule has 0 aliphatic carbocycles. The highest BCUT2D eigenvalue weighted by Crippen LogP contribution is 2.10. The van der Waals surface area contributed by atoms with E-state index in [9.17, 15) is 0 Å². The molecule has 1 heterocycles. The van der Waals surface area contributed by atoms with E-state index in [1.54, 1.807) is 13.2 Å². The van der Waals surface area contributed by atoms with Crippen molar-refractivity contribution in [1.29, 1.82) is 0 Å². The van der Waals surface area contributed by atoms with E-state index in [-0.39, 0.29) is 0 Å². The molecule has 0 radical (unpaired) electrons. The Balaban J connectivity index is 3.03. The van der Waals surface area contributed by atoms with Crippen LogP contribution in [0.2, 0.25) is 0 Å². The Morgan fingerprint density at radius 2 is 2.44 bits per heavy atom. The van der Waals surface area contributed by atoms with E-state index in [2.05, 4.69) is 34.4 Å². The summed E-state index contributed by atoms with van der Waals surface area (Å²) in [4.78, 5) is 0. The van der Waals surface area contributed by atoms with E-state index in [1.807, 2.05) is 6.07 Å². The highest BCUT2D eigenvalue weighted by molar-refractivity contribution is 14.1. The number of hydrogen-bond donors (Lipinski definition) is 0. The third-order valence-corrected chi connectivity index (χ3v) is 1.71. The van der Waals surface area contributed by atoms with Gasteiger partial charge in [-0.1, -0.05) is 5.92 Å². The number of hydrogen-bond acceptors (Lipinski definition) is 1. The molecule has 1 rings (SSSR count). The summed E-state index contributed by atoms with van der Waals surface area (Å²) in [5, 5.41) is 0. The zero-order valence-corrected chi connectivity index (χ0v) is 7.10. The lowest BCUT2D eigenvalue weighted by molar-refractivity contribution is 0.552. The average Bonchev–Trinajstić information content (AvgIpc) is 2.18. The first-order chi connectivity index (χ1) is 4.34. The Kier molecular flexibility index (Phi) is 2.17. The normalized spacial score (nSPS) is 8.22. The van der Waals surface area contributed by atoms with Crippen molar-refractivity contribution in [2.24, 2.45) is 0 Å². The molecule has 9 heavy (non-hydrogen) atoms. The van der Waals surface area contributed by atoms with Gasteiger partial charge in [-0.3, -0.25) is 0 Å². The molecule has 0 saturated carbocycles. The van der Waals surface area contributed by atoms with E-state index in [1.165, 1.54) is 0 Å². The standard InChI is InChI=1S/C7H5IO/c1-2-3-7-6(8)4-5-9-7/h4-5H,1H3. The molecule has 1 aromatic heterocycles. The maximum absolute atomic E-state index is 5.02. The van der Waals surface area contributed by atoms with Crippen LogP contribution in [0.3, 0.4) is 0 Å². The van der Waals surface area contributed by atoms with Crippen LogP contribution in [0.15, 0.2) is 16.7 Å². The first-order valence-corrected chi connectivity index (χ1v) is 3.58. The van der Waals surface area contributed by atoms with Crippen molar-refractivity contribution in [1.82, 2.24) is 0 Å². The zero-order chi connectivity index (χ0) is 6.69. The molecule has 0 fully saturated rings. The first kappa shape index (κ1) is 6.69. The van der Waals surface area contributed by atoms with E-state index in [0.29, 0.717) is 0 Å². The lowest BCUT2D eigenvalue weighted by atomic mass is 10.4. The topological polar surface area (TPSA) is 13.1 Å². The summed E-state index contributed by atoms with van der Waals surface area (Å²) in [5.74, 6) is 6.36. The SMILES string of the molecule is CC#Cc1occc1I. The van der Waals surface area contributed by atoms with Crippen LogP contribution in [-0.2, 0) is 0 Å². The predicted molar refractivity (Wildman–Crippen MR) is 44.0 cm³/mol. The second-order valence-corrected chi connectivity index (χ2v) is 2.63. The van der Waals surface area contributed by atoms with E-state index >= 15 is 0 Å². The third-order valence-electron chi connectivity index (χ3n) is 0.856. The Labute approximate surface area is 67.6 Å². The molecule has 1 aromatic rings. The van der Waals surface area contributed by atoms with Crippen LogP contribution in [0.4, 0.5) is 0 Å². The Hall–Kier alpha value is -0.430. The van der Waals surface area contributed by atoms with Gasteiger partial charge in [-0.05, 0) is 41.5 Å². The van der Waals surface area contributed by atoms with Crippen LogP contribution >= 0.6 is 22.6 Å². The monoisotopic (exact) mass is 232 g/mol. The molecule has 1 nitrogen and oxygen atoms in total. The van der Waals surface area contributed by atoms with Gasteiger partial charge in [-0.25, -0.2) is 0 Å². The smallest absolute Gasteiger partial charge is 0.189 e. The minimum atomic E-state index is 0.762. The summed E-state index contributed by atoms with van der Waals surface area (Å²) in [6.07, 6.45) is 1.64. The highest BCUT2D eigenvalue weighted by Gasteiger charge is 1.95. The molecule has 2 heteroatoms. The maximum atomic E-state index is 5.02. The van der Waals surface area contributed by atoms with Crippen LogP contribution in [-0.4, -0.2) is 0 Å². The maximum Gasteiger partial charge on any atom is 0.189 e. The van der Waals surface area contributed by atoms with Gasteiger partial charge in [-0.2, -0.15) is 0 Å². The number of furan rings is 1. The molecule has 0 bridgehead atoms. The van der Waals surface area contributed by atoms with Crippen LogP contribution in [0.5, 0.6) is 0 Å². The molecule has 0 atom stereocenters. The van der Waals surface area contributed by atoms with Gasteiger partial charge in [-0.15, -0.1) is 0 Å². The van der Waals surface area contributed by atoms with Gasteiger partial charge in [0.1, 0.15) is 0 Å². The fourth-order valence-corrected chi connectivity index (χ4v) is 0.905. The minimum Gasteiger partial charge on any atom is -0.455 e. The van der Waals surface area contributed by atoms with Gasteiger partial charge in [0.05, 0.1) is 9.83 Å². The highest BCUT2D eigenvalue weighted by atomic mass is 127. The second kappa shape index (κ2) is 2.92. The fourth-order valence-electron chi connectivity index (χ4n) is 0.496. The lowest BCUT2D eigenvalue weighted by Gasteiger charge is -1.78. The molecule has 0 saturated heterocycles. The summed E-state index contributed by atoms with van der Waals surface area (Å²) in [6.45, 7) is 1.79. The molecule has 0 spiro atoms. The summed E-state index contributed by atoms with van der Waals surface area (Å²) in [6, 6.07) is 1.89. The van der Waals surface area contributed by atoms with Crippen molar-refractivity contribution in [2.75, 3.05) is 0 Å². The van der Waals surface area contributed by atoms with Crippen molar-refractivity contribution in [3.05, 3.63) is 21.7 Å². The van der Waals surface area contributed by atoms with Gasteiger partial charge >= 0.3 is 0 Å². The Morgan fingerprint density at radius 3 is 2.89 bits per heavy atom. The van der Waals surface area contributed by atoms with Gasteiger partial charge in [0.2, 0.25) is 0 Å². The summed E-state index contributed by atoms with van der Waals surface area (Å²) in [7, 11) is 0. The largest absolute Gasteiger partial charge is 0.455 e. The fraction of sp³-hybridized carbons (Fsp3) is 0.143. The molecule has 46 valence electrons. The van der Waals surface area contributed by atoms with Crippen molar-refractivity contribution >= 4 is 22.6 Å². The van der Waals surface area contributed by atoms with Crippen molar-refractivity contribution < 1.29 is 4.42 Å².